The second-order valence-electron chi connectivity index (χ2n) is 7.53. The molecule has 4 rings (SSSR count). The highest BCUT2D eigenvalue weighted by molar-refractivity contribution is 5.51. The third kappa shape index (κ3) is 1.86. The summed E-state index contributed by atoms with van der Waals surface area (Å²) in [5.41, 5.74) is 2.98. The van der Waals surface area contributed by atoms with E-state index in [1.807, 2.05) is 0 Å². The average Bonchev–Trinajstić information content (AvgIpc) is 2.87. The SMILES string of the molecule is C[C@@]12C=CC=C1C1=C([N+](=O)[O-])CC3CCCC[C@@H]3[C@H]1CC2. The first-order chi connectivity index (χ1) is 10.1. The van der Waals surface area contributed by atoms with Gasteiger partial charge in [0.2, 0.25) is 5.70 Å². The van der Waals surface area contributed by atoms with Gasteiger partial charge in [-0.3, -0.25) is 10.1 Å². The molecule has 0 aromatic heterocycles. The molecule has 2 saturated carbocycles. The van der Waals surface area contributed by atoms with Gasteiger partial charge in [0.25, 0.3) is 0 Å². The minimum atomic E-state index is -0.0714. The molecule has 0 amide bonds. The largest absolute Gasteiger partial charge is 0.259 e. The number of nitrogens with zero attached hydrogens (tertiary/aromatic N) is 1. The maximum Gasteiger partial charge on any atom is 0.250 e. The van der Waals surface area contributed by atoms with Crippen molar-refractivity contribution in [2.24, 2.45) is 23.2 Å². The first kappa shape index (κ1) is 13.3. The Morgan fingerprint density at radius 1 is 1.29 bits per heavy atom. The summed E-state index contributed by atoms with van der Waals surface area (Å²) in [5, 5.41) is 11.7. The normalized spacial score (nSPS) is 41.2. The first-order valence-corrected chi connectivity index (χ1v) is 8.38. The lowest BCUT2D eigenvalue weighted by Gasteiger charge is -2.47. The second-order valence-corrected chi connectivity index (χ2v) is 7.53. The van der Waals surface area contributed by atoms with Crippen molar-refractivity contribution in [3.63, 3.8) is 0 Å². The van der Waals surface area contributed by atoms with E-state index in [1.165, 1.54) is 31.3 Å². The van der Waals surface area contributed by atoms with Gasteiger partial charge in [-0.1, -0.05) is 38.0 Å². The number of rotatable bonds is 1. The van der Waals surface area contributed by atoms with E-state index in [9.17, 15) is 10.1 Å². The Balaban J connectivity index is 1.84. The van der Waals surface area contributed by atoms with E-state index in [0.717, 1.165) is 18.4 Å². The molecule has 4 aliphatic carbocycles. The zero-order valence-electron chi connectivity index (χ0n) is 12.7. The lowest BCUT2D eigenvalue weighted by atomic mass is 9.56. The van der Waals surface area contributed by atoms with Crippen LogP contribution in [0.25, 0.3) is 0 Å². The fourth-order valence-corrected chi connectivity index (χ4v) is 5.40. The minimum absolute atomic E-state index is 0.0502. The van der Waals surface area contributed by atoms with Crippen LogP contribution in [0, 0.1) is 33.3 Å². The number of nitro groups is 1. The lowest BCUT2D eigenvalue weighted by molar-refractivity contribution is -0.432. The predicted octanol–water partition coefficient (Wildman–Crippen LogP) is 4.64. The molecule has 0 heterocycles. The van der Waals surface area contributed by atoms with E-state index in [4.69, 9.17) is 0 Å². The lowest BCUT2D eigenvalue weighted by Crippen LogP contribution is -2.40. The number of allylic oxidation sites excluding steroid dienone is 6. The summed E-state index contributed by atoms with van der Waals surface area (Å²) in [6.07, 6.45) is 14.5. The molecule has 0 aliphatic heterocycles. The summed E-state index contributed by atoms with van der Waals surface area (Å²) in [4.78, 5) is 11.6. The standard InChI is InChI=1S/C18H23NO2/c1-18-9-4-7-15(18)17-14(8-10-18)13-6-3-2-5-12(13)11-16(17)19(20)21/h4,7,9,12-14H,2-3,5-6,8,10-11H2,1H3/t12?,13-,14+,18-/m0/s1. The van der Waals surface area contributed by atoms with E-state index in [2.05, 4.69) is 25.2 Å². The molecule has 0 radical (unpaired) electrons. The molecule has 21 heavy (non-hydrogen) atoms. The third-order valence-corrected chi connectivity index (χ3v) is 6.45. The van der Waals surface area contributed by atoms with Gasteiger partial charge >= 0.3 is 0 Å². The van der Waals surface area contributed by atoms with E-state index in [1.54, 1.807) is 0 Å². The molecule has 3 nitrogen and oxygen atoms in total. The van der Waals surface area contributed by atoms with Gasteiger partial charge in [0.15, 0.2) is 0 Å². The molecule has 0 N–H and O–H groups in total. The number of fused-ring (bicyclic) bond motifs is 5. The molecule has 2 fully saturated rings. The highest BCUT2D eigenvalue weighted by Crippen LogP contribution is 2.58. The van der Waals surface area contributed by atoms with Crippen LogP contribution in [0.3, 0.4) is 0 Å². The molecule has 1 unspecified atom stereocenters. The Bertz CT molecular complexity index is 586. The van der Waals surface area contributed by atoms with Gasteiger partial charge in [0.1, 0.15) is 0 Å². The molecular weight excluding hydrogens is 262 g/mol. The molecule has 112 valence electrons. The third-order valence-electron chi connectivity index (χ3n) is 6.45. The van der Waals surface area contributed by atoms with Crippen molar-refractivity contribution in [1.29, 1.82) is 0 Å². The van der Waals surface area contributed by atoms with Gasteiger partial charge < -0.3 is 0 Å². The monoisotopic (exact) mass is 285 g/mol. The van der Waals surface area contributed by atoms with Crippen molar-refractivity contribution in [3.05, 3.63) is 45.2 Å². The zero-order chi connectivity index (χ0) is 14.6. The van der Waals surface area contributed by atoms with Gasteiger partial charge in [0, 0.05) is 17.4 Å². The van der Waals surface area contributed by atoms with Crippen LogP contribution < -0.4 is 0 Å². The van der Waals surface area contributed by atoms with Crippen molar-refractivity contribution in [2.75, 3.05) is 0 Å². The fourth-order valence-electron chi connectivity index (χ4n) is 5.40. The average molecular weight is 285 g/mol. The van der Waals surface area contributed by atoms with E-state index in [-0.39, 0.29) is 10.3 Å². The molecule has 4 aliphatic rings. The number of hydrogen-bond donors (Lipinski definition) is 0. The van der Waals surface area contributed by atoms with Gasteiger partial charge in [-0.15, -0.1) is 0 Å². The summed E-state index contributed by atoms with van der Waals surface area (Å²) in [6, 6.07) is 0. The number of hydrogen-bond acceptors (Lipinski definition) is 2. The quantitative estimate of drug-likeness (QED) is 0.520. The van der Waals surface area contributed by atoms with Crippen LogP contribution >= 0.6 is 0 Å². The molecule has 4 atom stereocenters. The van der Waals surface area contributed by atoms with Crippen molar-refractivity contribution in [2.45, 2.75) is 51.9 Å². The summed E-state index contributed by atoms with van der Waals surface area (Å²) < 4.78 is 0. The summed E-state index contributed by atoms with van der Waals surface area (Å²) in [5.74, 6) is 1.71. The van der Waals surface area contributed by atoms with Crippen LogP contribution in [-0.4, -0.2) is 4.92 Å². The summed E-state index contributed by atoms with van der Waals surface area (Å²) >= 11 is 0. The highest BCUT2D eigenvalue weighted by Gasteiger charge is 2.50. The van der Waals surface area contributed by atoms with Crippen LogP contribution in [0.4, 0.5) is 0 Å². The van der Waals surface area contributed by atoms with Crippen LogP contribution in [0.15, 0.2) is 35.1 Å². The Kier molecular flexibility index (Phi) is 2.88. The van der Waals surface area contributed by atoms with Gasteiger partial charge in [-0.2, -0.15) is 0 Å². The Hall–Kier alpha value is -1.38. The summed E-state index contributed by atoms with van der Waals surface area (Å²) in [6.45, 7) is 2.25. The van der Waals surface area contributed by atoms with Crippen LogP contribution in [0.2, 0.25) is 0 Å². The molecule has 0 bridgehead atoms. The zero-order valence-corrected chi connectivity index (χ0v) is 12.7. The predicted molar refractivity (Wildman–Crippen MR) is 82.1 cm³/mol. The molecular formula is C18H23NO2. The Labute approximate surface area is 126 Å². The van der Waals surface area contributed by atoms with Gasteiger partial charge in [0.05, 0.1) is 4.92 Å². The maximum absolute atomic E-state index is 11.7. The molecule has 0 saturated heterocycles. The van der Waals surface area contributed by atoms with E-state index in [0.29, 0.717) is 29.9 Å². The van der Waals surface area contributed by atoms with E-state index < -0.39 is 0 Å². The topological polar surface area (TPSA) is 43.1 Å². The van der Waals surface area contributed by atoms with Crippen molar-refractivity contribution in [1.82, 2.24) is 0 Å². The first-order valence-electron chi connectivity index (χ1n) is 8.38. The Morgan fingerprint density at radius 3 is 2.90 bits per heavy atom. The van der Waals surface area contributed by atoms with Gasteiger partial charge in [-0.25, -0.2) is 0 Å². The second kappa shape index (κ2) is 4.56. The highest BCUT2D eigenvalue weighted by atomic mass is 16.6. The summed E-state index contributed by atoms with van der Waals surface area (Å²) in [7, 11) is 0. The van der Waals surface area contributed by atoms with Crippen LogP contribution in [0.5, 0.6) is 0 Å². The molecule has 0 aromatic carbocycles. The smallest absolute Gasteiger partial charge is 0.250 e. The van der Waals surface area contributed by atoms with E-state index >= 15 is 0 Å². The minimum Gasteiger partial charge on any atom is -0.259 e. The van der Waals surface area contributed by atoms with Crippen LogP contribution in [-0.2, 0) is 0 Å². The molecule has 0 spiro atoms. The van der Waals surface area contributed by atoms with Crippen molar-refractivity contribution in [3.8, 4) is 0 Å². The Morgan fingerprint density at radius 2 is 2.10 bits per heavy atom. The van der Waals surface area contributed by atoms with Crippen LogP contribution in [0.1, 0.15) is 51.9 Å². The molecule has 0 aromatic rings. The molecule has 3 heteroatoms. The van der Waals surface area contributed by atoms with Crippen molar-refractivity contribution >= 4 is 0 Å². The van der Waals surface area contributed by atoms with Crippen molar-refractivity contribution < 1.29 is 4.92 Å². The maximum atomic E-state index is 11.7. The van der Waals surface area contributed by atoms with Gasteiger partial charge in [-0.05, 0) is 49.0 Å². The fraction of sp³-hybridized carbons (Fsp3) is 0.667.